The summed E-state index contributed by atoms with van der Waals surface area (Å²) in [6.45, 7) is 1.37. The van der Waals surface area contributed by atoms with Gasteiger partial charge in [-0.1, -0.05) is 49.2 Å². The molecule has 2 aromatic carbocycles. The number of amides is 2. The number of nitrogens with zero attached hydrogens (tertiary/aromatic N) is 3. The highest BCUT2D eigenvalue weighted by molar-refractivity contribution is 7.09. The molecule has 4 aromatic rings. The van der Waals surface area contributed by atoms with Crippen molar-refractivity contribution >= 4 is 23.2 Å². The molecule has 0 saturated heterocycles. The molecule has 1 unspecified atom stereocenters. The topological polar surface area (TPSA) is 75.9 Å². The second-order valence-corrected chi connectivity index (χ2v) is 11.5. The first-order chi connectivity index (χ1) is 19.6. The van der Waals surface area contributed by atoms with E-state index in [1.165, 1.54) is 16.9 Å². The summed E-state index contributed by atoms with van der Waals surface area (Å²) in [6, 6.07) is 20.0. The molecule has 40 heavy (non-hydrogen) atoms. The number of hydrogen-bond donors (Lipinski definition) is 0. The van der Waals surface area contributed by atoms with Gasteiger partial charge in [-0.05, 0) is 60.2 Å². The van der Waals surface area contributed by atoms with Gasteiger partial charge >= 0.3 is 0 Å². The Labute approximate surface area is 238 Å². The molecule has 1 saturated carbocycles. The summed E-state index contributed by atoms with van der Waals surface area (Å²) in [5, 5.41) is 2.50. The van der Waals surface area contributed by atoms with E-state index in [9.17, 15) is 9.59 Å². The van der Waals surface area contributed by atoms with Gasteiger partial charge < -0.3 is 19.0 Å². The van der Waals surface area contributed by atoms with E-state index in [2.05, 4.69) is 34.1 Å². The molecule has 1 aliphatic heterocycles. The van der Waals surface area contributed by atoms with Crippen LogP contribution in [0.15, 0.2) is 76.7 Å². The summed E-state index contributed by atoms with van der Waals surface area (Å²) in [6.07, 6.45) is 6.69. The molecule has 0 radical (unpaired) electrons. The van der Waals surface area contributed by atoms with Crippen LogP contribution >= 0.6 is 11.3 Å². The van der Waals surface area contributed by atoms with Crippen LogP contribution in [0.3, 0.4) is 0 Å². The maximum atomic E-state index is 13.6. The Kier molecular flexibility index (Phi) is 7.68. The number of carbonyl (C=O) groups is 2. The van der Waals surface area contributed by atoms with Crippen LogP contribution in [0.4, 0.5) is 0 Å². The zero-order chi connectivity index (χ0) is 27.5. The van der Waals surface area contributed by atoms with Crippen molar-refractivity contribution in [3.63, 3.8) is 0 Å². The third kappa shape index (κ3) is 5.54. The molecular weight excluding hydrogens is 522 g/mol. The summed E-state index contributed by atoms with van der Waals surface area (Å²) in [5.41, 5.74) is 3.89. The van der Waals surface area contributed by atoms with Gasteiger partial charge in [0.15, 0.2) is 0 Å². The molecule has 2 amide bonds. The Morgan fingerprint density at radius 2 is 1.93 bits per heavy atom. The fourth-order valence-corrected chi connectivity index (χ4v) is 6.53. The van der Waals surface area contributed by atoms with Crippen molar-refractivity contribution < 1.29 is 18.7 Å². The first-order valence-electron chi connectivity index (χ1n) is 13.9. The van der Waals surface area contributed by atoms with Crippen molar-refractivity contribution in [1.82, 2.24) is 14.8 Å². The summed E-state index contributed by atoms with van der Waals surface area (Å²) in [4.78, 5) is 34.7. The molecule has 1 atom stereocenters. The second kappa shape index (κ2) is 11.7. The number of furan rings is 1. The van der Waals surface area contributed by atoms with Crippen LogP contribution < -0.4 is 4.74 Å². The number of thiazole rings is 1. The number of ether oxygens (including phenoxy) is 1. The van der Waals surface area contributed by atoms with Crippen molar-refractivity contribution in [1.29, 1.82) is 0 Å². The van der Waals surface area contributed by atoms with Crippen molar-refractivity contribution in [3.8, 4) is 5.75 Å². The van der Waals surface area contributed by atoms with E-state index >= 15 is 0 Å². The Morgan fingerprint density at radius 1 is 1.10 bits per heavy atom. The number of hydrogen-bond acceptors (Lipinski definition) is 6. The van der Waals surface area contributed by atoms with E-state index in [-0.39, 0.29) is 30.4 Å². The molecule has 2 aliphatic rings. The van der Waals surface area contributed by atoms with Crippen molar-refractivity contribution in [2.45, 2.75) is 51.3 Å². The lowest BCUT2D eigenvalue weighted by atomic mass is 9.87. The van der Waals surface area contributed by atoms with Crippen molar-refractivity contribution in [3.05, 3.63) is 105 Å². The van der Waals surface area contributed by atoms with Gasteiger partial charge in [-0.15, -0.1) is 11.3 Å². The molecule has 7 nitrogen and oxygen atoms in total. The molecule has 0 spiro atoms. The van der Waals surface area contributed by atoms with Gasteiger partial charge in [0.2, 0.25) is 5.91 Å². The minimum atomic E-state index is -0.162. The largest absolute Gasteiger partial charge is 0.486 e. The van der Waals surface area contributed by atoms with Gasteiger partial charge in [0, 0.05) is 24.9 Å². The van der Waals surface area contributed by atoms with Gasteiger partial charge in [0.25, 0.3) is 5.91 Å². The quantitative estimate of drug-likeness (QED) is 0.257. The molecule has 2 aromatic heterocycles. The maximum absolute atomic E-state index is 13.6. The molecular formula is C32H33N3O4S. The highest BCUT2D eigenvalue weighted by Gasteiger charge is 2.36. The second-order valence-electron chi connectivity index (χ2n) is 10.6. The van der Waals surface area contributed by atoms with Crippen LogP contribution in [-0.2, 0) is 24.4 Å². The van der Waals surface area contributed by atoms with Crippen LogP contribution in [0.25, 0.3) is 0 Å². The zero-order valence-corrected chi connectivity index (χ0v) is 23.4. The third-order valence-electron chi connectivity index (χ3n) is 7.90. The fourth-order valence-electron chi connectivity index (χ4n) is 5.85. The zero-order valence-electron chi connectivity index (χ0n) is 22.6. The molecule has 1 fully saturated rings. The van der Waals surface area contributed by atoms with Crippen LogP contribution in [0.1, 0.15) is 69.7 Å². The van der Waals surface area contributed by atoms with Gasteiger partial charge in [0.05, 0.1) is 18.8 Å². The van der Waals surface area contributed by atoms with Gasteiger partial charge in [-0.25, -0.2) is 4.98 Å². The highest BCUT2D eigenvalue weighted by atomic mass is 32.1. The van der Waals surface area contributed by atoms with E-state index in [1.807, 2.05) is 30.3 Å². The molecule has 1 aliphatic carbocycles. The summed E-state index contributed by atoms with van der Waals surface area (Å²) in [5.74, 6) is 1.70. The molecule has 0 N–H and O–H groups in total. The van der Waals surface area contributed by atoms with E-state index in [1.54, 1.807) is 29.7 Å². The monoisotopic (exact) mass is 555 g/mol. The smallest absolute Gasteiger partial charge is 0.273 e. The molecule has 0 bridgehead atoms. The summed E-state index contributed by atoms with van der Waals surface area (Å²) in [7, 11) is 1.73. The van der Waals surface area contributed by atoms with Gasteiger partial charge in [-0.2, -0.15) is 0 Å². The summed E-state index contributed by atoms with van der Waals surface area (Å²) >= 11 is 1.41. The van der Waals surface area contributed by atoms with Crippen LogP contribution in [-0.4, -0.2) is 40.2 Å². The van der Waals surface area contributed by atoms with Crippen molar-refractivity contribution in [2.75, 3.05) is 13.6 Å². The van der Waals surface area contributed by atoms with Crippen LogP contribution in [0.5, 0.6) is 5.75 Å². The third-order valence-corrected chi connectivity index (χ3v) is 8.72. The van der Waals surface area contributed by atoms with Crippen LogP contribution in [0.2, 0.25) is 0 Å². The Balaban J connectivity index is 1.18. The fraction of sp³-hybridized carbons (Fsp3) is 0.344. The maximum Gasteiger partial charge on any atom is 0.273 e. The van der Waals surface area contributed by atoms with E-state index in [0.29, 0.717) is 12.2 Å². The van der Waals surface area contributed by atoms with Crippen molar-refractivity contribution in [2.24, 2.45) is 5.92 Å². The number of benzene rings is 2. The SMILES string of the molecule is CN(Cc1ccco1)C(=O)c1csc(COc2ccc3c(c2)C(c2ccccc2)N(C(=O)C2CCCC2)CC3)n1. The lowest BCUT2D eigenvalue weighted by Crippen LogP contribution is -2.43. The minimum absolute atomic E-state index is 0.129. The lowest BCUT2D eigenvalue weighted by molar-refractivity contribution is -0.137. The Bertz CT molecular complexity index is 1460. The number of aromatic nitrogens is 1. The first kappa shape index (κ1) is 26.3. The number of carbonyl (C=O) groups excluding carboxylic acids is 2. The average molecular weight is 556 g/mol. The minimum Gasteiger partial charge on any atom is -0.486 e. The lowest BCUT2D eigenvalue weighted by Gasteiger charge is -2.39. The predicted octanol–water partition coefficient (Wildman–Crippen LogP) is 6.25. The van der Waals surface area contributed by atoms with E-state index in [4.69, 9.17) is 9.15 Å². The van der Waals surface area contributed by atoms with Gasteiger partial charge in [-0.3, -0.25) is 9.59 Å². The molecule has 3 heterocycles. The van der Waals surface area contributed by atoms with E-state index in [0.717, 1.165) is 66.3 Å². The molecule has 6 rings (SSSR count). The molecule has 8 heteroatoms. The van der Waals surface area contributed by atoms with Gasteiger partial charge in [0.1, 0.15) is 28.8 Å². The number of rotatable bonds is 8. The molecule has 206 valence electrons. The predicted molar refractivity (Wildman–Crippen MR) is 153 cm³/mol. The normalized spacial score (nSPS) is 17.0. The summed E-state index contributed by atoms with van der Waals surface area (Å²) < 4.78 is 11.5. The number of fused-ring (bicyclic) bond motifs is 1. The van der Waals surface area contributed by atoms with E-state index < -0.39 is 0 Å². The Hall–Kier alpha value is -3.91. The average Bonchev–Trinajstić information content (AvgIpc) is 3.79. The Morgan fingerprint density at radius 3 is 2.70 bits per heavy atom. The van der Waals surface area contributed by atoms with Crippen LogP contribution in [0, 0.1) is 5.92 Å². The first-order valence-corrected chi connectivity index (χ1v) is 14.8. The highest BCUT2D eigenvalue weighted by Crippen LogP contribution is 2.39. The standard InChI is InChI=1S/C32H33N3O4S/c1-34(19-26-12-7-17-38-26)32(37)28-21-40-29(33-28)20-39-25-14-13-22-15-16-35(31(36)24-10-5-6-11-24)30(27(22)18-25)23-8-3-2-4-9-23/h2-4,7-9,12-14,17-18,21,24,30H,5-6,10-11,15-16,19-20H2,1H3.